The van der Waals surface area contributed by atoms with E-state index in [4.69, 9.17) is 0 Å². The summed E-state index contributed by atoms with van der Waals surface area (Å²) in [5.74, 6) is 0. The lowest BCUT2D eigenvalue weighted by atomic mass is 9.99. The second-order valence-corrected chi connectivity index (χ2v) is 5.58. The van der Waals surface area contributed by atoms with E-state index in [9.17, 15) is 31.6 Å². The normalized spacial score (nSPS) is 9.80. The Morgan fingerprint density at radius 2 is 0.767 bits per heavy atom. The van der Waals surface area contributed by atoms with Gasteiger partial charge < -0.3 is 0 Å². The molecular formula is C18N12. The van der Waals surface area contributed by atoms with E-state index in [2.05, 4.69) is 30.4 Å². The van der Waals surface area contributed by atoms with Crippen molar-refractivity contribution in [1.82, 2.24) is 30.4 Å². The number of hydrogen-bond acceptors (Lipinski definition) is 12. The molecule has 3 aromatic heterocycles. The Hall–Kier alpha value is -5.82. The van der Waals surface area contributed by atoms with Crippen LogP contribution in [-0.4, -0.2) is 30.4 Å². The maximum Gasteiger partial charge on any atom is 0.181 e. The van der Waals surface area contributed by atoms with E-state index in [0.29, 0.717) is 0 Å². The molecule has 0 atom stereocenters. The molecule has 0 amide bonds. The molecule has 30 heavy (non-hydrogen) atoms. The molecule has 0 spiro atoms. The van der Waals surface area contributed by atoms with E-state index >= 15 is 0 Å². The summed E-state index contributed by atoms with van der Waals surface area (Å²) in [6.07, 6.45) is 0. The minimum Gasteiger partial charge on any atom is -0.232 e. The molecule has 4 aromatic rings. The fourth-order valence-corrected chi connectivity index (χ4v) is 2.98. The first kappa shape index (κ1) is 17.6. The summed E-state index contributed by atoms with van der Waals surface area (Å²) in [5, 5.41) is 71.8. The molecule has 0 unspecified atom stereocenters. The van der Waals surface area contributed by atoms with E-state index < -0.39 is 0 Å². The largest absolute Gasteiger partial charge is 0.232 e. The fourth-order valence-electron chi connectivity index (χ4n) is 2.98. The van der Waals surface area contributed by atoms with Crippen molar-refractivity contribution >= 4 is 32.8 Å². The smallest absolute Gasteiger partial charge is 0.181 e. The van der Waals surface area contributed by atoms with Crippen LogP contribution in [0.15, 0.2) is 0 Å². The van der Waals surface area contributed by atoms with Gasteiger partial charge in [-0.1, -0.05) is 0 Å². The van der Waals surface area contributed by atoms with Gasteiger partial charge in [-0.3, -0.25) is 0 Å². The van der Waals surface area contributed by atoms with Crippen LogP contribution < -0.4 is 0 Å². The summed E-state index contributed by atoms with van der Waals surface area (Å²) in [6.45, 7) is 0. The molecule has 0 aliphatic carbocycles. The van der Waals surface area contributed by atoms with Gasteiger partial charge in [-0.05, 0) is 0 Å². The number of aromatic nitrogens is 6. The molecule has 0 aliphatic heterocycles. The summed E-state index contributed by atoms with van der Waals surface area (Å²) in [7, 11) is 0. The van der Waals surface area contributed by atoms with Crippen molar-refractivity contribution in [3.05, 3.63) is 33.9 Å². The first-order valence-electron chi connectivity index (χ1n) is 7.78. The first-order chi connectivity index (χ1) is 14.6. The third kappa shape index (κ3) is 2.14. The molecule has 132 valence electrons. The Bertz CT molecular complexity index is 1580. The van der Waals surface area contributed by atoms with E-state index in [-0.39, 0.29) is 66.7 Å². The van der Waals surface area contributed by atoms with Gasteiger partial charge in [-0.15, -0.1) is 20.4 Å². The van der Waals surface area contributed by atoms with Crippen LogP contribution in [-0.2, 0) is 0 Å². The van der Waals surface area contributed by atoms with Gasteiger partial charge in [-0.25, -0.2) is 9.97 Å². The molecule has 4 rings (SSSR count). The van der Waals surface area contributed by atoms with Crippen molar-refractivity contribution in [1.29, 1.82) is 31.6 Å². The van der Waals surface area contributed by atoms with Crippen molar-refractivity contribution in [3.63, 3.8) is 0 Å². The molecule has 0 saturated heterocycles. The average molecular weight is 384 g/mol. The van der Waals surface area contributed by atoms with Gasteiger partial charge in [0.2, 0.25) is 0 Å². The van der Waals surface area contributed by atoms with Crippen molar-refractivity contribution in [3.8, 4) is 36.4 Å². The van der Waals surface area contributed by atoms with Crippen LogP contribution in [0.1, 0.15) is 33.9 Å². The number of fused-ring (bicyclic) bond motifs is 6. The third-order valence-electron chi connectivity index (χ3n) is 4.19. The van der Waals surface area contributed by atoms with E-state index in [1.165, 1.54) is 0 Å². The summed E-state index contributed by atoms with van der Waals surface area (Å²) >= 11 is 0. The monoisotopic (exact) mass is 384 g/mol. The first-order valence-corrected chi connectivity index (χ1v) is 7.78. The SMILES string of the molecule is N#Cc1nc2c(nc1C#N)c1c(C#N)c(C#N)nnc1c1nnc(C#N)c(C#N)c12. The Morgan fingerprint density at radius 3 is 1.07 bits per heavy atom. The van der Waals surface area contributed by atoms with Crippen LogP contribution in [0.2, 0.25) is 0 Å². The second kappa shape index (κ2) is 6.41. The lowest BCUT2D eigenvalue weighted by Gasteiger charge is -2.10. The minimum absolute atomic E-state index is 0.0166. The van der Waals surface area contributed by atoms with Crippen molar-refractivity contribution < 1.29 is 0 Å². The molecule has 12 heteroatoms. The fraction of sp³-hybridized carbons (Fsp3) is 0. The van der Waals surface area contributed by atoms with Crippen LogP contribution >= 0.6 is 0 Å². The molecule has 0 fully saturated rings. The predicted molar refractivity (Wildman–Crippen MR) is 94.0 cm³/mol. The molecule has 0 aliphatic rings. The zero-order chi connectivity index (χ0) is 21.4. The number of benzene rings is 1. The molecule has 0 radical (unpaired) electrons. The topological polar surface area (TPSA) is 220 Å². The third-order valence-corrected chi connectivity index (χ3v) is 4.19. The molecule has 12 nitrogen and oxygen atoms in total. The van der Waals surface area contributed by atoms with Crippen LogP contribution in [0.5, 0.6) is 0 Å². The van der Waals surface area contributed by atoms with Crippen molar-refractivity contribution in [2.75, 3.05) is 0 Å². The van der Waals surface area contributed by atoms with Gasteiger partial charge in [0.05, 0.1) is 10.8 Å². The highest BCUT2D eigenvalue weighted by atomic mass is 15.1. The Morgan fingerprint density at radius 1 is 0.400 bits per heavy atom. The van der Waals surface area contributed by atoms with Crippen LogP contribution in [0, 0.1) is 68.0 Å². The summed E-state index contributed by atoms with van der Waals surface area (Å²) in [5.41, 5.74) is -1.81. The lowest BCUT2D eigenvalue weighted by molar-refractivity contribution is 1.02. The number of nitrogens with zero attached hydrogens (tertiary/aromatic N) is 12. The highest BCUT2D eigenvalue weighted by Gasteiger charge is 2.25. The molecule has 3 heterocycles. The van der Waals surface area contributed by atoms with Crippen LogP contribution in [0.4, 0.5) is 0 Å². The van der Waals surface area contributed by atoms with Crippen molar-refractivity contribution in [2.24, 2.45) is 0 Å². The zero-order valence-corrected chi connectivity index (χ0v) is 14.4. The number of nitriles is 6. The summed E-state index contributed by atoms with van der Waals surface area (Å²) in [6, 6.07) is 10.7. The zero-order valence-electron chi connectivity index (χ0n) is 14.4. The van der Waals surface area contributed by atoms with E-state index in [0.717, 1.165) is 0 Å². The summed E-state index contributed by atoms with van der Waals surface area (Å²) in [4.78, 5) is 8.29. The molecule has 0 saturated carbocycles. The average Bonchev–Trinajstić information content (AvgIpc) is 2.80. The highest BCUT2D eigenvalue weighted by molar-refractivity contribution is 6.23. The van der Waals surface area contributed by atoms with Crippen LogP contribution in [0.3, 0.4) is 0 Å². The maximum atomic E-state index is 9.62. The minimum atomic E-state index is -0.328. The molecule has 0 bridgehead atoms. The lowest BCUT2D eigenvalue weighted by Crippen LogP contribution is -2.05. The quantitative estimate of drug-likeness (QED) is 0.383. The summed E-state index contributed by atoms with van der Waals surface area (Å²) < 4.78 is 0. The Labute approximate surface area is 165 Å². The molecular weight excluding hydrogens is 384 g/mol. The highest BCUT2D eigenvalue weighted by Crippen LogP contribution is 2.35. The Kier molecular flexibility index (Phi) is 3.76. The van der Waals surface area contributed by atoms with Gasteiger partial charge in [0, 0.05) is 0 Å². The maximum absolute atomic E-state index is 9.62. The van der Waals surface area contributed by atoms with Gasteiger partial charge in [0.25, 0.3) is 0 Å². The second-order valence-electron chi connectivity index (χ2n) is 5.58. The van der Waals surface area contributed by atoms with Gasteiger partial charge in [-0.2, -0.15) is 31.6 Å². The molecule has 0 N–H and O–H groups in total. The van der Waals surface area contributed by atoms with E-state index in [1.54, 1.807) is 24.3 Å². The van der Waals surface area contributed by atoms with Gasteiger partial charge in [0.1, 0.15) is 69.6 Å². The number of rotatable bonds is 0. The van der Waals surface area contributed by atoms with Crippen LogP contribution in [0.25, 0.3) is 32.8 Å². The van der Waals surface area contributed by atoms with Gasteiger partial charge >= 0.3 is 0 Å². The standard InChI is InChI=1S/C18N12/c19-1-7-9(3-21)27-29-17-13(7)15-16(26-12(6-24)11(5-23)25-15)14-8(2-20)10(4-22)28-30-18(14)17. The van der Waals surface area contributed by atoms with Crippen molar-refractivity contribution in [2.45, 2.75) is 0 Å². The van der Waals surface area contributed by atoms with E-state index in [1.807, 2.05) is 12.1 Å². The van der Waals surface area contributed by atoms with Gasteiger partial charge in [0.15, 0.2) is 22.8 Å². The number of hydrogen-bond donors (Lipinski definition) is 0. The Balaban J connectivity index is 2.51. The predicted octanol–water partition coefficient (Wildman–Crippen LogP) is 0.746. The molecule has 1 aromatic carbocycles.